The summed E-state index contributed by atoms with van der Waals surface area (Å²) < 4.78 is 11.5. The molecule has 0 saturated carbocycles. The highest BCUT2D eigenvalue weighted by molar-refractivity contribution is 5.53. The summed E-state index contributed by atoms with van der Waals surface area (Å²) in [5.41, 5.74) is 0.540. The lowest BCUT2D eigenvalue weighted by Crippen LogP contribution is -2.38. The number of nitrogens with zero attached hydrogens (tertiary/aromatic N) is 1. The Morgan fingerprint density at radius 2 is 2.07 bits per heavy atom. The first-order chi connectivity index (χ1) is 7.38. The van der Waals surface area contributed by atoms with E-state index < -0.39 is 0 Å². The van der Waals surface area contributed by atoms with Crippen LogP contribution in [0.4, 0.5) is 0 Å². The number of nitriles is 1. The Kier molecular flexibility index (Phi) is 1.79. The van der Waals surface area contributed by atoms with Crippen molar-refractivity contribution in [1.29, 1.82) is 5.26 Å². The van der Waals surface area contributed by atoms with Crippen LogP contribution in [0.2, 0.25) is 0 Å². The van der Waals surface area contributed by atoms with E-state index in [1.54, 1.807) is 6.07 Å². The van der Waals surface area contributed by atoms with Crippen LogP contribution >= 0.6 is 0 Å². The number of benzene rings is 1. The molecule has 2 aliphatic heterocycles. The molecule has 2 atom stereocenters. The van der Waals surface area contributed by atoms with Gasteiger partial charge < -0.3 is 14.8 Å². The van der Waals surface area contributed by atoms with Gasteiger partial charge in [0.15, 0.2) is 11.5 Å². The Balaban J connectivity index is 2.04. The third kappa shape index (κ3) is 1.24. The van der Waals surface area contributed by atoms with Crippen molar-refractivity contribution in [2.75, 3.05) is 13.1 Å². The minimum Gasteiger partial charge on any atom is -0.481 e. The Morgan fingerprint density at radius 3 is 2.87 bits per heavy atom. The van der Waals surface area contributed by atoms with E-state index in [-0.39, 0.29) is 12.2 Å². The predicted molar refractivity (Wildman–Crippen MR) is 52.9 cm³/mol. The van der Waals surface area contributed by atoms with Crippen LogP contribution in [0.5, 0.6) is 11.5 Å². The molecule has 0 unspecified atom stereocenters. The van der Waals surface area contributed by atoms with Crippen molar-refractivity contribution in [3.8, 4) is 17.6 Å². The van der Waals surface area contributed by atoms with Gasteiger partial charge in [-0.3, -0.25) is 0 Å². The quantitative estimate of drug-likeness (QED) is 0.671. The molecule has 0 amide bonds. The molecule has 0 bridgehead atoms. The molecule has 1 N–H and O–H groups in total. The van der Waals surface area contributed by atoms with Crippen molar-refractivity contribution in [2.24, 2.45) is 0 Å². The lowest BCUT2D eigenvalue weighted by Gasteiger charge is -2.29. The smallest absolute Gasteiger partial charge is 0.179 e. The Morgan fingerprint density at radius 1 is 1.27 bits per heavy atom. The first-order valence-corrected chi connectivity index (χ1v) is 4.95. The van der Waals surface area contributed by atoms with Crippen molar-refractivity contribution < 1.29 is 9.47 Å². The Hall–Kier alpha value is -1.73. The normalized spacial score (nSPS) is 26.9. The van der Waals surface area contributed by atoms with E-state index in [1.807, 2.05) is 12.1 Å². The molecule has 1 saturated heterocycles. The standard InChI is InChI=1S/C11H10N2O2/c12-4-7-2-1-3-8-11(7)15-10-6-13-5-9(10)14-8/h1-3,9-10,13H,5-6H2/t9-,10-/m0/s1. The van der Waals surface area contributed by atoms with Gasteiger partial charge in [0.05, 0.1) is 5.56 Å². The maximum atomic E-state index is 8.93. The third-order valence-electron chi connectivity index (χ3n) is 2.75. The van der Waals surface area contributed by atoms with Crippen molar-refractivity contribution in [1.82, 2.24) is 5.32 Å². The highest BCUT2D eigenvalue weighted by Crippen LogP contribution is 2.37. The van der Waals surface area contributed by atoms with Gasteiger partial charge in [-0.1, -0.05) is 6.07 Å². The largest absolute Gasteiger partial charge is 0.481 e. The Labute approximate surface area is 87.4 Å². The summed E-state index contributed by atoms with van der Waals surface area (Å²) >= 11 is 0. The monoisotopic (exact) mass is 202 g/mol. The minimum absolute atomic E-state index is 0.0343. The highest BCUT2D eigenvalue weighted by atomic mass is 16.6. The summed E-state index contributed by atoms with van der Waals surface area (Å²) in [6.45, 7) is 1.59. The van der Waals surface area contributed by atoms with Crippen LogP contribution in [-0.4, -0.2) is 25.3 Å². The zero-order valence-electron chi connectivity index (χ0n) is 8.06. The summed E-state index contributed by atoms with van der Waals surface area (Å²) in [5.74, 6) is 1.27. The number of para-hydroxylation sites is 1. The van der Waals surface area contributed by atoms with Crippen molar-refractivity contribution in [3.63, 3.8) is 0 Å². The molecule has 1 aromatic carbocycles. The molecule has 1 aromatic rings. The van der Waals surface area contributed by atoms with Crippen LogP contribution in [0.1, 0.15) is 5.56 Å². The number of fused-ring (bicyclic) bond motifs is 2. The van der Waals surface area contributed by atoms with Gasteiger partial charge in [0.1, 0.15) is 18.3 Å². The number of hydrogen-bond acceptors (Lipinski definition) is 4. The third-order valence-corrected chi connectivity index (χ3v) is 2.75. The van der Waals surface area contributed by atoms with Crippen molar-refractivity contribution in [3.05, 3.63) is 23.8 Å². The van der Waals surface area contributed by atoms with Gasteiger partial charge in [-0.2, -0.15) is 5.26 Å². The predicted octanol–water partition coefficient (Wildman–Crippen LogP) is 0.670. The van der Waals surface area contributed by atoms with E-state index in [4.69, 9.17) is 14.7 Å². The summed E-state index contributed by atoms with van der Waals surface area (Å²) in [6.07, 6.45) is 0.110. The molecule has 1 fully saturated rings. The van der Waals surface area contributed by atoms with E-state index in [0.29, 0.717) is 17.1 Å². The lowest BCUT2D eigenvalue weighted by molar-refractivity contribution is 0.0549. The van der Waals surface area contributed by atoms with Gasteiger partial charge in [-0.05, 0) is 12.1 Å². The van der Waals surface area contributed by atoms with Gasteiger partial charge in [0.25, 0.3) is 0 Å². The molecule has 0 aromatic heterocycles. The van der Waals surface area contributed by atoms with E-state index in [2.05, 4.69) is 11.4 Å². The maximum absolute atomic E-state index is 8.93. The fraction of sp³-hybridized carbons (Fsp3) is 0.364. The number of ether oxygens (including phenoxy) is 2. The van der Waals surface area contributed by atoms with E-state index in [1.165, 1.54) is 0 Å². The molecular formula is C11H10N2O2. The highest BCUT2D eigenvalue weighted by Gasteiger charge is 2.36. The van der Waals surface area contributed by atoms with Gasteiger partial charge in [0, 0.05) is 13.1 Å². The zero-order chi connectivity index (χ0) is 10.3. The average molecular weight is 202 g/mol. The van der Waals surface area contributed by atoms with Crippen LogP contribution in [0, 0.1) is 11.3 Å². The molecule has 4 heteroatoms. The van der Waals surface area contributed by atoms with Crippen LogP contribution in [0.15, 0.2) is 18.2 Å². The summed E-state index contributed by atoms with van der Waals surface area (Å²) in [7, 11) is 0. The van der Waals surface area contributed by atoms with Gasteiger partial charge >= 0.3 is 0 Å². The van der Waals surface area contributed by atoms with Crippen molar-refractivity contribution in [2.45, 2.75) is 12.2 Å². The summed E-state index contributed by atoms with van der Waals surface area (Å²) in [4.78, 5) is 0. The fourth-order valence-corrected chi connectivity index (χ4v) is 2.00. The number of hydrogen-bond donors (Lipinski definition) is 1. The fourth-order valence-electron chi connectivity index (χ4n) is 2.00. The molecule has 0 radical (unpaired) electrons. The number of nitrogens with one attached hydrogen (secondary N) is 1. The topological polar surface area (TPSA) is 54.3 Å². The maximum Gasteiger partial charge on any atom is 0.179 e. The average Bonchev–Trinajstić information content (AvgIpc) is 2.72. The molecule has 0 spiro atoms. The summed E-state index contributed by atoms with van der Waals surface area (Å²) in [5, 5.41) is 12.1. The first-order valence-electron chi connectivity index (χ1n) is 4.95. The second kappa shape index (κ2) is 3.14. The molecule has 3 rings (SSSR count). The second-order valence-corrected chi connectivity index (χ2v) is 3.72. The van der Waals surface area contributed by atoms with Gasteiger partial charge in [0.2, 0.25) is 0 Å². The molecular weight excluding hydrogens is 192 g/mol. The first kappa shape index (κ1) is 8.57. The van der Waals surface area contributed by atoms with Crippen LogP contribution in [0.25, 0.3) is 0 Å². The molecule has 15 heavy (non-hydrogen) atoms. The molecule has 4 nitrogen and oxygen atoms in total. The van der Waals surface area contributed by atoms with Crippen LogP contribution in [-0.2, 0) is 0 Å². The zero-order valence-corrected chi connectivity index (χ0v) is 8.06. The molecule has 76 valence electrons. The van der Waals surface area contributed by atoms with Crippen molar-refractivity contribution >= 4 is 0 Å². The van der Waals surface area contributed by atoms with Crippen LogP contribution < -0.4 is 14.8 Å². The van der Waals surface area contributed by atoms with Gasteiger partial charge in [-0.15, -0.1) is 0 Å². The molecule has 0 aliphatic carbocycles. The second-order valence-electron chi connectivity index (χ2n) is 3.72. The van der Waals surface area contributed by atoms with Gasteiger partial charge in [-0.25, -0.2) is 0 Å². The minimum atomic E-state index is 0.0343. The SMILES string of the molecule is N#Cc1cccc2c1O[C@H]1CNC[C@@H]1O2. The summed E-state index contributed by atoms with van der Waals surface area (Å²) in [6, 6.07) is 7.50. The molecule has 2 aliphatic rings. The van der Waals surface area contributed by atoms with E-state index >= 15 is 0 Å². The lowest BCUT2D eigenvalue weighted by atomic mass is 10.1. The molecule has 2 heterocycles. The van der Waals surface area contributed by atoms with E-state index in [0.717, 1.165) is 13.1 Å². The number of rotatable bonds is 0. The van der Waals surface area contributed by atoms with E-state index in [9.17, 15) is 0 Å². The Bertz CT molecular complexity index is 439. The van der Waals surface area contributed by atoms with Crippen LogP contribution in [0.3, 0.4) is 0 Å².